The van der Waals surface area contributed by atoms with Gasteiger partial charge in [0.25, 0.3) is 0 Å². The molecule has 0 saturated heterocycles. The van der Waals surface area contributed by atoms with Crippen LogP contribution in [0.5, 0.6) is 0 Å². The second-order valence-electron chi connectivity index (χ2n) is 7.03. The fourth-order valence-electron chi connectivity index (χ4n) is 3.45. The Balaban J connectivity index is 1.94. The molecule has 0 fully saturated rings. The second-order valence-corrected chi connectivity index (χ2v) is 10.4. The van der Waals surface area contributed by atoms with Crippen molar-refractivity contribution in [2.45, 2.75) is 51.0 Å². The number of hydrogen-bond donors (Lipinski definition) is 0. The standard InChI is InChI=1S/C22H27ClNO4PS/c1-3-27-29(26,28-4-2)21-14-17-8-6-5-7-9-19(17)24-22(21)30-15-20(25)16-10-12-18(23)13-11-16/h10-14H,3-9,15H2,1-2H3. The molecule has 2 aromatic rings. The summed E-state index contributed by atoms with van der Waals surface area (Å²) < 4.78 is 24.8. The van der Waals surface area contributed by atoms with Crippen LogP contribution in [0.25, 0.3) is 0 Å². The zero-order chi connectivity index (χ0) is 21.6. The maximum Gasteiger partial charge on any atom is 0.364 e. The third-order valence-electron chi connectivity index (χ3n) is 4.90. The summed E-state index contributed by atoms with van der Waals surface area (Å²) in [5.41, 5.74) is 2.72. The summed E-state index contributed by atoms with van der Waals surface area (Å²) in [6, 6.07) is 8.76. The molecule has 0 aliphatic heterocycles. The lowest BCUT2D eigenvalue weighted by molar-refractivity contribution is 0.102. The van der Waals surface area contributed by atoms with Crippen LogP contribution in [0.3, 0.4) is 0 Å². The number of halogens is 1. The van der Waals surface area contributed by atoms with Gasteiger partial charge in [-0.15, -0.1) is 0 Å². The van der Waals surface area contributed by atoms with Crippen molar-refractivity contribution in [2.24, 2.45) is 0 Å². The number of carbonyl (C=O) groups is 1. The van der Waals surface area contributed by atoms with E-state index in [1.165, 1.54) is 11.8 Å². The third-order valence-corrected chi connectivity index (χ3v) is 8.42. The van der Waals surface area contributed by atoms with Crippen molar-refractivity contribution in [1.82, 2.24) is 4.98 Å². The predicted octanol–water partition coefficient (Wildman–Crippen LogP) is 5.87. The topological polar surface area (TPSA) is 65.5 Å². The molecule has 0 saturated carbocycles. The molecular weight excluding hydrogens is 441 g/mol. The number of carbonyl (C=O) groups excluding carboxylic acids is 1. The molecule has 1 aliphatic carbocycles. The van der Waals surface area contributed by atoms with Gasteiger partial charge in [-0.05, 0) is 75.4 Å². The van der Waals surface area contributed by atoms with E-state index in [-0.39, 0.29) is 24.7 Å². The number of ketones is 1. The Morgan fingerprint density at radius 2 is 1.77 bits per heavy atom. The van der Waals surface area contributed by atoms with Gasteiger partial charge in [0.05, 0.1) is 24.3 Å². The Morgan fingerprint density at radius 3 is 2.43 bits per heavy atom. The summed E-state index contributed by atoms with van der Waals surface area (Å²) in [7, 11) is -3.52. The number of pyridine rings is 1. The van der Waals surface area contributed by atoms with Crippen molar-refractivity contribution in [3.63, 3.8) is 0 Å². The molecule has 0 atom stereocenters. The summed E-state index contributed by atoms with van der Waals surface area (Å²) in [5, 5.41) is 1.62. The summed E-state index contributed by atoms with van der Waals surface area (Å²) in [6.07, 6.45) is 5.12. The van der Waals surface area contributed by atoms with E-state index >= 15 is 0 Å². The van der Waals surface area contributed by atoms with Gasteiger partial charge in [0.2, 0.25) is 0 Å². The number of aryl methyl sites for hydroxylation is 2. The van der Waals surface area contributed by atoms with Crippen LogP contribution in [-0.2, 0) is 26.5 Å². The van der Waals surface area contributed by atoms with Crippen molar-refractivity contribution in [2.75, 3.05) is 19.0 Å². The van der Waals surface area contributed by atoms with Crippen LogP contribution in [0.2, 0.25) is 5.02 Å². The molecule has 0 spiro atoms. The van der Waals surface area contributed by atoms with Crippen molar-refractivity contribution in [1.29, 1.82) is 0 Å². The monoisotopic (exact) mass is 467 g/mol. The minimum Gasteiger partial charge on any atom is -0.305 e. The van der Waals surface area contributed by atoms with E-state index < -0.39 is 7.60 Å². The van der Waals surface area contributed by atoms with Gasteiger partial charge in [0.15, 0.2) is 5.78 Å². The van der Waals surface area contributed by atoms with Crippen molar-refractivity contribution in [3.05, 3.63) is 52.2 Å². The van der Waals surface area contributed by atoms with Crippen LogP contribution in [0.15, 0.2) is 35.4 Å². The van der Waals surface area contributed by atoms with E-state index in [1.807, 2.05) is 6.07 Å². The van der Waals surface area contributed by atoms with Gasteiger partial charge in [-0.1, -0.05) is 29.8 Å². The van der Waals surface area contributed by atoms with Crippen molar-refractivity contribution in [3.8, 4) is 0 Å². The van der Waals surface area contributed by atoms with E-state index in [9.17, 15) is 9.36 Å². The van der Waals surface area contributed by atoms with Gasteiger partial charge >= 0.3 is 7.60 Å². The molecule has 1 aliphatic rings. The van der Waals surface area contributed by atoms with Gasteiger partial charge in [-0.2, -0.15) is 0 Å². The van der Waals surface area contributed by atoms with Crippen LogP contribution in [-0.4, -0.2) is 29.7 Å². The summed E-state index contributed by atoms with van der Waals surface area (Å²) in [4.78, 5) is 17.5. The molecular formula is C22H27ClNO4PS. The molecule has 1 aromatic heterocycles. The van der Waals surface area contributed by atoms with Crippen LogP contribution < -0.4 is 5.30 Å². The zero-order valence-electron chi connectivity index (χ0n) is 17.4. The summed E-state index contributed by atoms with van der Waals surface area (Å²) >= 11 is 7.20. The lowest BCUT2D eigenvalue weighted by Crippen LogP contribution is -2.18. The van der Waals surface area contributed by atoms with E-state index in [4.69, 9.17) is 25.6 Å². The van der Waals surface area contributed by atoms with Gasteiger partial charge in [-0.3, -0.25) is 9.36 Å². The molecule has 1 heterocycles. The number of hydrogen-bond acceptors (Lipinski definition) is 6. The zero-order valence-corrected chi connectivity index (χ0v) is 19.8. The Labute approximate surface area is 187 Å². The minimum atomic E-state index is -3.52. The first-order chi connectivity index (χ1) is 14.5. The van der Waals surface area contributed by atoms with Gasteiger partial charge < -0.3 is 9.05 Å². The van der Waals surface area contributed by atoms with E-state index in [0.717, 1.165) is 43.4 Å². The van der Waals surface area contributed by atoms with Crippen molar-refractivity contribution >= 4 is 42.0 Å². The SMILES string of the molecule is CCOP(=O)(OCC)c1cc2c(nc1SCC(=O)c1ccc(Cl)cc1)CCCCC2. The number of Topliss-reactive ketones (excluding diaryl/α,β-unsaturated/α-hetero) is 1. The highest BCUT2D eigenvalue weighted by Crippen LogP contribution is 2.49. The van der Waals surface area contributed by atoms with Crippen LogP contribution >= 0.6 is 31.0 Å². The number of rotatable bonds is 9. The van der Waals surface area contributed by atoms with Crippen molar-refractivity contribution < 1.29 is 18.4 Å². The minimum absolute atomic E-state index is 0.0398. The first kappa shape index (κ1) is 23.5. The van der Waals surface area contributed by atoms with Crippen LogP contribution in [0.1, 0.15) is 54.7 Å². The van der Waals surface area contributed by atoms with E-state index in [1.54, 1.807) is 38.1 Å². The number of fused-ring (bicyclic) bond motifs is 1. The summed E-state index contributed by atoms with van der Waals surface area (Å²) in [5.74, 6) is 0.139. The fraction of sp³-hybridized carbons (Fsp3) is 0.455. The molecule has 0 unspecified atom stereocenters. The Morgan fingerprint density at radius 1 is 1.10 bits per heavy atom. The second kappa shape index (κ2) is 10.9. The predicted molar refractivity (Wildman–Crippen MR) is 122 cm³/mol. The maximum atomic E-state index is 13.6. The smallest absolute Gasteiger partial charge is 0.305 e. The molecule has 1 aromatic carbocycles. The molecule has 0 radical (unpaired) electrons. The molecule has 5 nitrogen and oxygen atoms in total. The van der Waals surface area contributed by atoms with Gasteiger partial charge in [-0.25, -0.2) is 4.98 Å². The highest BCUT2D eigenvalue weighted by Gasteiger charge is 2.32. The molecule has 3 rings (SSSR count). The quantitative estimate of drug-likeness (QED) is 0.199. The number of nitrogens with zero attached hydrogens (tertiary/aromatic N) is 1. The average Bonchev–Trinajstić information content (AvgIpc) is 2.97. The Kier molecular flexibility index (Phi) is 8.55. The molecule has 30 heavy (non-hydrogen) atoms. The fourth-order valence-corrected chi connectivity index (χ4v) is 6.55. The molecule has 0 N–H and O–H groups in total. The lowest BCUT2D eigenvalue weighted by atomic mass is 10.1. The molecule has 0 bridgehead atoms. The first-order valence-electron chi connectivity index (χ1n) is 10.3. The van der Waals surface area contributed by atoms with Crippen LogP contribution in [0.4, 0.5) is 0 Å². The van der Waals surface area contributed by atoms with Gasteiger partial charge in [0, 0.05) is 16.3 Å². The molecule has 0 amide bonds. The first-order valence-corrected chi connectivity index (χ1v) is 13.2. The van der Waals surface area contributed by atoms with Crippen LogP contribution in [0, 0.1) is 0 Å². The molecule has 162 valence electrons. The molecule has 8 heteroatoms. The highest BCUT2D eigenvalue weighted by molar-refractivity contribution is 8.00. The number of aromatic nitrogens is 1. The third kappa shape index (κ3) is 5.74. The van der Waals surface area contributed by atoms with E-state index in [2.05, 4.69) is 0 Å². The largest absolute Gasteiger partial charge is 0.364 e. The lowest BCUT2D eigenvalue weighted by Gasteiger charge is -2.21. The highest BCUT2D eigenvalue weighted by atomic mass is 35.5. The number of thioether (sulfide) groups is 1. The van der Waals surface area contributed by atoms with E-state index in [0.29, 0.717) is 20.9 Å². The normalized spacial score (nSPS) is 14.2. The Bertz CT molecular complexity index is 925. The van der Waals surface area contributed by atoms with Gasteiger partial charge in [0.1, 0.15) is 5.03 Å². The maximum absolute atomic E-state index is 13.6. The summed E-state index contributed by atoms with van der Waals surface area (Å²) in [6.45, 7) is 4.11. The average molecular weight is 468 g/mol. The Hall–Kier alpha value is -1.17. The number of benzene rings is 1.